The van der Waals surface area contributed by atoms with Crippen molar-refractivity contribution in [2.45, 2.75) is 25.4 Å². The van der Waals surface area contributed by atoms with Crippen molar-refractivity contribution in [1.29, 1.82) is 0 Å². The largest absolute Gasteiger partial charge is 0.550 e. The first-order chi connectivity index (χ1) is 12.9. The van der Waals surface area contributed by atoms with Crippen molar-refractivity contribution in [3.8, 4) is 0 Å². The van der Waals surface area contributed by atoms with E-state index in [9.17, 15) is 24.6 Å². The molecule has 1 aliphatic heterocycles. The SMILES string of the molecule is O=C([O-])CC1Nc2cc(C(=O)O)ccc2CN(CCc2ccccc2)C1=O. The summed E-state index contributed by atoms with van der Waals surface area (Å²) in [5, 5.41) is 23.1. The second-order valence-corrected chi connectivity index (χ2v) is 6.45. The molecule has 1 atom stereocenters. The Balaban J connectivity index is 1.87. The highest BCUT2D eigenvalue weighted by Gasteiger charge is 2.29. The number of carbonyl (C=O) groups excluding carboxylic acids is 2. The van der Waals surface area contributed by atoms with Crippen LogP contribution in [0.5, 0.6) is 0 Å². The summed E-state index contributed by atoms with van der Waals surface area (Å²) in [6.07, 6.45) is 0.143. The first kappa shape index (κ1) is 18.4. The van der Waals surface area contributed by atoms with Crippen molar-refractivity contribution >= 4 is 23.5 Å². The average molecular weight is 367 g/mol. The lowest BCUT2D eigenvalue weighted by atomic mass is 10.1. The molecule has 2 aromatic rings. The van der Waals surface area contributed by atoms with Crippen molar-refractivity contribution in [2.24, 2.45) is 0 Å². The Labute approximate surface area is 156 Å². The van der Waals surface area contributed by atoms with Crippen LogP contribution in [0.3, 0.4) is 0 Å². The van der Waals surface area contributed by atoms with Crippen molar-refractivity contribution < 1.29 is 24.6 Å². The molecule has 0 aliphatic carbocycles. The highest BCUT2D eigenvalue weighted by Crippen LogP contribution is 2.26. The summed E-state index contributed by atoms with van der Waals surface area (Å²) in [6, 6.07) is 13.2. The van der Waals surface area contributed by atoms with Gasteiger partial charge in [-0.15, -0.1) is 0 Å². The Morgan fingerprint density at radius 2 is 1.93 bits per heavy atom. The molecule has 1 unspecified atom stereocenters. The molecule has 7 nitrogen and oxygen atoms in total. The summed E-state index contributed by atoms with van der Waals surface area (Å²) in [5.41, 5.74) is 2.33. The lowest BCUT2D eigenvalue weighted by molar-refractivity contribution is -0.305. The van der Waals surface area contributed by atoms with Crippen LogP contribution in [-0.2, 0) is 22.6 Å². The van der Waals surface area contributed by atoms with Gasteiger partial charge in [0.15, 0.2) is 0 Å². The van der Waals surface area contributed by atoms with Crippen molar-refractivity contribution in [3.05, 3.63) is 65.2 Å². The zero-order chi connectivity index (χ0) is 19.4. The van der Waals surface area contributed by atoms with Crippen LogP contribution >= 0.6 is 0 Å². The molecule has 0 spiro atoms. The minimum atomic E-state index is -1.35. The fourth-order valence-electron chi connectivity index (χ4n) is 3.14. The summed E-state index contributed by atoms with van der Waals surface area (Å²) in [7, 11) is 0. The molecule has 140 valence electrons. The van der Waals surface area contributed by atoms with Crippen LogP contribution in [-0.4, -0.2) is 40.4 Å². The molecule has 1 aliphatic rings. The topological polar surface area (TPSA) is 110 Å². The Hall–Kier alpha value is -3.35. The molecule has 0 saturated carbocycles. The van der Waals surface area contributed by atoms with Gasteiger partial charge in [-0.2, -0.15) is 0 Å². The minimum Gasteiger partial charge on any atom is -0.550 e. The number of fused-ring (bicyclic) bond motifs is 1. The van der Waals surface area contributed by atoms with E-state index in [2.05, 4.69) is 5.32 Å². The van der Waals surface area contributed by atoms with Crippen LogP contribution in [0.25, 0.3) is 0 Å². The van der Waals surface area contributed by atoms with E-state index in [1.54, 1.807) is 11.0 Å². The van der Waals surface area contributed by atoms with Crippen LogP contribution in [0.15, 0.2) is 48.5 Å². The van der Waals surface area contributed by atoms with E-state index in [0.29, 0.717) is 18.7 Å². The number of aliphatic carboxylic acids is 1. The molecule has 2 N–H and O–H groups in total. The lowest BCUT2D eigenvalue weighted by Crippen LogP contribution is -2.44. The summed E-state index contributed by atoms with van der Waals surface area (Å²) < 4.78 is 0. The van der Waals surface area contributed by atoms with Crippen LogP contribution in [0.4, 0.5) is 5.69 Å². The van der Waals surface area contributed by atoms with Crippen LogP contribution in [0.2, 0.25) is 0 Å². The fraction of sp³-hybridized carbons (Fsp3) is 0.250. The first-order valence-electron chi connectivity index (χ1n) is 8.59. The minimum absolute atomic E-state index is 0.0682. The predicted molar refractivity (Wildman–Crippen MR) is 96.0 cm³/mol. The number of anilines is 1. The van der Waals surface area contributed by atoms with Gasteiger partial charge in [-0.25, -0.2) is 4.79 Å². The third-order valence-corrected chi connectivity index (χ3v) is 4.54. The first-order valence-corrected chi connectivity index (χ1v) is 8.59. The zero-order valence-electron chi connectivity index (χ0n) is 14.6. The summed E-state index contributed by atoms with van der Waals surface area (Å²) >= 11 is 0. The van der Waals surface area contributed by atoms with Crippen LogP contribution in [0, 0.1) is 0 Å². The van der Waals surface area contributed by atoms with E-state index in [4.69, 9.17) is 0 Å². The van der Waals surface area contributed by atoms with Gasteiger partial charge in [0.2, 0.25) is 5.91 Å². The summed E-state index contributed by atoms with van der Waals surface area (Å²) in [4.78, 5) is 36.7. The standard InChI is InChI=1S/C20H20N2O5/c23-18(24)11-17-19(25)22(9-8-13-4-2-1-3-5-13)12-15-7-6-14(20(26)27)10-16(15)21-17/h1-7,10,17,21H,8-9,11-12H2,(H,23,24)(H,26,27)/p-1. The molecule has 3 rings (SSSR count). The molecule has 27 heavy (non-hydrogen) atoms. The molecule has 1 heterocycles. The van der Waals surface area contributed by atoms with E-state index in [0.717, 1.165) is 11.1 Å². The molecule has 0 saturated heterocycles. The van der Waals surface area contributed by atoms with Crippen LogP contribution < -0.4 is 10.4 Å². The third-order valence-electron chi connectivity index (χ3n) is 4.54. The Morgan fingerprint density at radius 3 is 2.59 bits per heavy atom. The van der Waals surface area contributed by atoms with Gasteiger partial charge < -0.3 is 25.2 Å². The molecule has 0 aromatic heterocycles. The number of carbonyl (C=O) groups is 3. The van der Waals surface area contributed by atoms with Crippen LogP contribution in [0.1, 0.15) is 27.9 Å². The van der Waals surface area contributed by atoms with Crippen molar-refractivity contribution in [3.63, 3.8) is 0 Å². The number of hydrogen-bond acceptors (Lipinski definition) is 5. The quantitative estimate of drug-likeness (QED) is 0.785. The number of nitrogens with one attached hydrogen (secondary N) is 1. The molecule has 2 aromatic carbocycles. The van der Waals surface area contributed by atoms with Gasteiger partial charge in [-0.05, 0) is 29.7 Å². The van der Waals surface area contributed by atoms with Crippen molar-refractivity contribution in [2.75, 3.05) is 11.9 Å². The molecule has 7 heteroatoms. The summed E-state index contributed by atoms with van der Waals surface area (Å²) in [5.74, 6) is -2.78. The Bertz CT molecular complexity index is 866. The maximum absolute atomic E-state index is 12.8. The number of hydrogen-bond donors (Lipinski definition) is 2. The second kappa shape index (κ2) is 7.90. The number of amides is 1. The molecule has 0 radical (unpaired) electrons. The van der Waals surface area contributed by atoms with Gasteiger partial charge >= 0.3 is 5.97 Å². The number of aromatic carboxylic acids is 1. The maximum atomic E-state index is 12.8. The monoisotopic (exact) mass is 367 g/mol. The van der Waals surface area contributed by atoms with Crippen molar-refractivity contribution in [1.82, 2.24) is 4.90 Å². The van der Waals surface area contributed by atoms with Gasteiger partial charge in [0.05, 0.1) is 5.56 Å². The second-order valence-electron chi connectivity index (χ2n) is 6.45. The zero-order valence-corrected chi connectivity index (χ0v) is 14.6. The molecule has 0 bridgehead atoms. The number of carboxylic acids is 2. The Kier molecular flexibility index (Phi) is 5.40. The molecular formula is C20H19N2O5-. The number of carboxylic acid groups (broad SMARTS) is 2. The number of nitrogens with zero attached hydrogens (tertiary/aromatic N) is 1. The Morgan fingerprint density at radius 1 is 1.19 bits per heavy atom. The van der Waals surface area contributed by atoms with E-state index >= 15 is 0 Å². The van der Waals surface area contributed by atoms with E-state index < -0.39 is 24.4 Å². The highest BCUT2D eigenvalue weighted by molar-refractivity contribution is 5.92. The normalized spacial score (nSPS) is 16.2. The van der Waals surface area contributed by atoms with Gasteiger partial charge in [-0.1, -0.05) is 36.4 Å². The fourth-order valence-corrected chi connectivity index (χ4v) is 3.14. The van der Waals surface area contributed by atoms with E-state index in [1.807, 2.05) is 30.3 Å². The lowest BCUT2D eigenvalue weighted by Gasteiger charge is -2.25. The third kappa shape index (κ3) is 4.44. The van der Waals surface area contributed by atoms with E-state index in [-0.39, 0.29) is 18.0 Å². The highest BCUT2D eigenvalue weighted by atomic mass is 16.4. The smallest absolute Gasteiger partial charge is 0.335 e. The van der Waals surface area contributed by atoms with Gasteiger partial charge in [0.1, 0.15) is 6.04 Å². The van der Waals surface area contributed by atoms with Gasteiger partial charge in [0.25, 0.3) is 0 Å². The molecule has 1 amide bonds. The van der Waals surface area contributed by atoms with Gasteiger partial charge in [0, 0.05) is 31.2 Å². The van der Waals surface area contributed by atoms with Gasteiger partial charge in [-0.3, -0.25) is 4.79 Å². The maximum Gasteiger partial charge on any atom is 0.335 e. The number of benzene rings is 2. The average Bonchev–Trinajstić information content (AvgIpc) is 2.77. The molecular weight excluding hydrogens is 348 g/mol. The summed E-state index contributed by atoms with van der Waals surface area (Å²) in [6.45, 7) is 0.700. The van der Waals surface area contributed by atoms with E-state index in [1.165, 1.54) is 12.1 Å². The predicted octanol–water partition coefficient (Wildman–Crippen LogP) is 0.890. The molecule has 0 fully saturated rings. The number of rotatable bonds is 6.